The van der Waals surface area contributed by atoms with Gasteiger partial charge in [0.05, 0.1) is 22.0 Å². The van der Waals surface area contributed by atoms with Gasteiger partial charge < -0.3 is 10.2 Å². The Hall–Kier alpha value is -2.07. The third-order valence-corrected chi connectivity index (χ3v) is 4.35. The molecule has 1 heterocycles. The van der Waals surface area contributed by atoms with Crippen LogP contribution in [0, 0.1) is 5.82 Å². The number of anilines is 2. The molecule has 0 saturated carbocycles. The molecule has 0 aromatic heterocycles. The Bertz CT molecular complexity index is 694. The molecular formula is C18H18ClFN2O. The highest BCUT2D eigenvalue weighted by atomic mass is 35.5. The molecule has 1 amide bonds. The zero-order valence-corrected chi connectivity index (χ0v) is 13.4. The van der Waals surface area contributed by atoms with E-state index < -0.39 is 11.7 Å². The molecule has 1 N–H and O–H groups in total. The van der Waals surface area contributed by atoms with E-state index >= 15 is 0 Å². The maximum absolute atomic E-state index is 13.9. The molecule has 5 heteroatoms. The lowest BCUT2D eigenvalue weighted by molar-refractivity contribution is 0.102. The molecule has 1 fully saturated rings. The summed E-state index contributed by atoms with van der Waals surface area (Å²) >= 11 is 5.97. The van der Waals surface area contributed by atoms with Crippen LogP contribution in [0.3, 0.4) is 0 Å². The monoisotopic (exact) mass is 332 g/mol. The van der Waals surface area contributed by atoms with Crippen LogP contribution in [0.2, 0.25) is 5.02 Å². The maximum Gasteiger partial charge on any atom is 0.260 e. The van der Waals surface area contributed by atoms with E-state index in [0.717, 1.165) is 31.6 Å². The van der Waals surface area contributed by atoms with Crippen molar-refractivity contribution in [2.24, 2.45) is 0 Å². The molecule has 0 atom stereocenters. The highest BCUT2D eigenvalue weighted by Gasteiger charge is 2.19. The van der Waals surface area contributed by atoms with Gasteiger partial charge >= 0.3 is 0 Å². The summed E-state index contributed by atoms with van der Waals surface area (Å²) in [6.45, 7) is 1.93. The predicted octanol–water partition coefficient (Wildman–Crippen LogP) is 4.72. The Morgan fingerprint density at radius 3 is 2.52 bits per heavy atom. The van der Waals surface area contributed by atoms with Crippen LogP contribution in [0.5, 0.6) is 0 Å². The summed E-state index contributed by atoms with van der Waals surface area (Å²) in [6.07, 6.45) is 3.51. The first-order valence-electron chi connectivity index (χ1n) is 7.76. The number of para-hydroxylation sites is 2. The Kier molecular flexibility index (Phi) is 4.82. The Labute approximate surface area is 140 Å². The third-order valence-electron chi connectivity index (χ3n) is 4.04. The number of hydrogen-bond donors (Lipinski definition) is 1. The summed E-state index contributed by atoms with van der Waals surface area (Å²) in [4.78, 5) is 14.7. The minimum Gasteiger partial charge on any atom is -0.370 e. The lowest BCUT2D eigenvalue weighted by Crippen LogP contribution is -2.30. The second kappa shape index (κ2) is 7.01. The maximum atomic E-state index is 13.9. The van der Waals surface area contributed by atoms with Gasteiger partial charge in [0.15, 0.2) is 0 Å². The van der Waals surface area contributed by atoms with Crippen LogP contribution in [0.1, 0.15) is 29.6 Å². The lowest BCUT2D eigenvalue weighted by atomic mass is 10.1. The van der Waals surface area contributed by atoms with Crippen LogP contribution in [0.15, 0.2) is 42.5 Å². The number of carbonyl (C=O) groups is 1. The number of piperidine rings is 1. The van der Waals surface area contributed by atoms with E-state index in [2.05, 4.69) is 10.2 Å². The van der Waals surface area contributed by atoms with Crippen molar-refractivity contribution in [2.45, 2.75) is 19.3 Å². The number of nitrogens with zero attached hydrogens (tertiary/aromatic N) is 1. The number of hydrogen-bond acceptors (Lipinski definition) is 2. The van der Waals surface area contributed by atoms with E-state index in [0.29, 0.717) is 5.69 Å². The minimum absolute atomic E-state index is 0.109. The molecule has 23 heavy (non-hydrogen) atoms. The molecule has 1 saturated heterocycles. The fourth-order valence-electron chi connectivity index (χ4n) is 2.89. The van der Waals surface area contributed by atoms with Crippen molar-refractivity contribution in [1.29, 1.82) is 0 Å². The number of amides is 1. The minimum atomic E-state index is -0.620. The molecule has 1 aliphatic rings. The first-order chi connectivity index (χ1) is 11.2. The standard InChI is InChI=1S/C18H18ClFN2O/c19-13-7-6-8-14(20)17(13)18(23)21-15-9-2-3-10-16(15)22-11-4-1-5-12-22/h2-3,6-10H,1,4-5,11-12H2,(H,21,23). The van der Waals surface area contributed by atoms with Crippen LogP contribution in [-0.2, 0) is 0 Å². The van der Waals surface area contributed by atoms with Gasteiger partial charge in [0.25, 0.3) is 5.91 Å². The second-order valence-electron chi connectivity index (χ2n) is 5.62. The van der Waals surface area contributed by atoms with E-state index in [1.54, 1.807) is 0 Å². The lowest BCUT2D eigenvalue weighted by Gasteiger charge is -2.30. The van der Waals surface area contributed by atoms with Gasteiger partial charge in [-0.1, -0.05) is 29.8 Å². The number of benzene rings is 2. The number of carbonyl (C=O) groups excluding carboxylic acids is 1. The van der Waals surface area contributed by atoms with Gasteiger partial charge in [-0.25, -0.2) is 4.39 Å². The van der Waals surface area contributed by atoms with Crippen molar-refractivity contribution in [2.75, 3.05) is 23.3 Å². The smallest absolute Gasteiger partial charge is 0.260 e. The van der Waals surface area contributed by atoms with Crippen molar-refractivity contribution >= 4 is 28.9 Å². The van der Waals surface area contributed by atoms with Gasteiger partial charge in [-0.15, -0.1) is 0 Å². The normalized spacial score (nSPS) is 14.6. The average molecular weight is 333 g/mol. The van der Waals surface area contributed by atoms with E-state index in [1.807, 2.05) is 24.3 Å². The predicted molar refractivity (Wildman–Crippen MR) is 91.9 cm³/mol. The van der Waals surface area contributed by atoms with Crippen molar-refractivity contribution in [1.82, 2.24) is 0 Å². The number of halogens is 2. The van der Waals surface area contributed by atoms with Crippen molar-refractivity contribution in [3.8, 4) is 0 Å². The fraction of sp³-hybridized carbons (Fsp3) is 0.278. The van der Waals surface area contributed by atoms with Crippen LogP contribution < -0.4 is 10.2 Å². The molecule has 3 nitrogen and oxygen atoms in total. The molecule has 1 aliphatic heterocycles. The summed E-state index contributed by atoms with van der Waals surface area (Å²) in [5, 5.41) is 2.91. The SMILES string of the molecule is O=C(Nc1ccccc1N1CCCCC1)c1c(F)cccc1Cl. The van der Waals surface area contributed by atoms with E-state index in [-0.39, 0.29) is 10.6 Å². The largest absolute Gasteiger partial charge is 0.370 e. The highest BCUT2D eigenvalue weighted by molar-refractivity contribution is 6.34. The summed E-state index contributed by atoms with van der Waals surface area (Å²) in [7, 11) is 0. The van der Waals surface area contributed by atoms with E-state index in [1.165, 1.54) is 24.6 Å². The summed E-state index contributed by atoms with van der Waals surface area (Å²) < 4.78 is 13.9. The van der Waals surface area contributed by atoms with Gasteiger partial charge in [-0.05, 0) is 43.5 Å². The van der Waals surface area contributed by atoms with Crippen LogP contribution in [-0.4, -0.2) is 19.0 Å². The molecule has 2 aromatic carbocycles. The summed E-state index contributed by atoms with van der Waals surface area (Å²) in [5.41, 5.74) is 1.52. The third kappa shape index (κ3) is 3.48. The molecular weight excluding hydrogens is 315 g/mol. The number of rotatable bonds is 3. The van der Waals surface area contributed by atoms with Crippen LogP contribution in [0.25, 0.3) is 0 Å². The zero-order chi connectivity index (χ0) is 16.2. The van der Waals surface area contributed by atoms with Gasteiger partial charge in [0, 0.05) is 13.1 Å². The average Bonchev–Trinajstić information content (AvgIpc) is 2.56. The van der Waals surface area contributed by atoms with Crippen molar-refractivity contribution in [3.05, 3.63) is 58.9 Å². The summed E-state index contributed by atoms with van der Waals surface area (Å²) in [5.74, 6) is -1.15. The Morgan fingerprint density at radius 2 is 1.78 bits per heavy atom. The van der Waals surface area contributed by atoms with Gasteiger partial charge in [0.2, 0.25) is 0 Å². The molecule has 120 valence electrons. The molecule has 0 radical (unpaired) electrons. The Balaban J connectivity index is 1.87. The Morgan fingerprint density at radius 1 is 1.04 bits per heavy atom. The molecule has 0 unspecified atom stereocenters. The topological polar surface area (TPSA) is 32.3 Å². The van der Waals surface area contributed by atoms with Gasteiger partial charge in [-0.3, -0.25) is 4.79 Å². The van der Waals surface area contributed by atoms with E-state index in [4.69, 9.17) is 11.6 Å². The van der Waals surface area contributed by atoms with Crippen molar-refractivity contribution < 1.29 is 9.18 Å². The van der Waals surface area contributed by atoms with Gasteiger partial charge in [0.1, 0.15) is 5.82 Å². The fourth-order valence-corrected chi connectivity index (χ4v) is 3.14. The van der Waals surface area contributed by atoms with Crippen LogP contribution >= 0.6 is 11.6 Å². The summed E-state index contributed by atoms with van der Waals surface area (Å²) in [6, 6.07) is 11.8. The molecule has 0 aliphatic carbocycles. The molecule has 0 bridgehead atoms. The second-order valence-corrected chi connectivity index (χ2v) is 6.02. The van der Waals surface area contributed by atoms with E-state index in [9.17, 15) is 9.18 Å². The quantitative estimate of drug-likeness (QED) is 0.882. The first kappa shape index (κ1) is 15.8. The van der Waals surface area contributed by atoms with Crippen molar-refractivity contribution in [3.63, 3.8) is 0 Å². The van der Waals surface area contributed by atoms with Crippen LogP contribution in [0.4, 0.5) is 15.8 Å². The molecule has 0 spiro atoms. The first-order valence-corrected chi connectivity index (χ1v) is 8.14. The number of nitrogens with one attached hydrogen (secondary N) is 1. The van der Waals surface area contributed by atoms with Gasteiger partial charge in [-0.2, -0.15) is 0 Å². The zero-order valence-electron chi connectivity index (χ0n) is 12.7. The highest BCUT2D eigenvalue weighted by Crippen LogP contribution is 2.29. The molecule has 3 rings (SSSR count). The molecule has 2 aromatic rings.